The van der Waals surface area contributed by atoms with Crippen molar-refractivity contribution in [2.24, 2.45) is 0 Å². The van der Waals surface area contributed by atoms with Crippen molar-refractivity contribution >= 4 is 34.0 Å². The van der Waals surface area contributed by atoms with Crippen LogP contribution in [0.1, 0.15) is 43.4 Å². The SMILES string of the molecule is CN1CCC[C@H]1COc1nc2c(c(N3CCCCC3)n1)CCN(c1c(Cl)ccc3[nH]ncc13)C2. The third-order valence-corrected chi connectivity index (χ3v) is 7.92. The molecule has 0 saturated carbocycles. The summed E-state index contributed by atoms with van der Waals surface area (Å²) in [5, 5.41) is 9.08. The number of likely N-dealkylation sites (tertiary alicyclic amines) is 1. The summed E-state index contributed by atoms with van der Waals surface area (Å²) in [5.41, 5.74) is 4.32. The lowest BCUT2D eigenvalue weighted by Gasteiger charge is -2.35. The Hall–Kier alpha value is -2.58. The molecule has 0 aliphatic carbocycles. The van der Waals surface area contributed by atoms with Crippen molar-refractivity contribution in [3.8, 4) is 6.01 Å². The van der Waals surface area contributed by atoms with Crippen LogP contribution in [0.2, 0.25) is 5.02 Å². The maximum absolute atomic E-state index is 6.69. The largest absolute Gasteiger partial charge is 0.462 e. The topological polar surface area (TPSA) is 73.4 Å². The Morgan fingerprint density at radius 3 is 2.76 bits per heavy atom. The van der Waals surface area contributed by atoms with Gasteiger partial charge < -0.3 is 19.4 Å². The summed E-state index contributed by atoms with van der Waals surface area (Å²) in [6.07, 6.45) is 8.86. The van der Waals surface area contributed by atoms with Gasteiger partial charge in [0, 0.05) is 36.6 Å². The van der Waals surface area contributed by atoms with Crippen molar-refractivity contribution in [3.05, 3.63) is 34.6 Å². The van der Waals surface area contributed by atoms with Crippen LogP contribution >= 0.6 is 11.6 Å². The van der Waals surface area contributed by atoms with Crippen LogP contribution in [0.4, 0.5) is 11.5 Å². The van der Waals surface area contributed by atoms with Gasteiger partial charge in [-0.1, -0.05) is 11.6 Å². The van der Waals surface area contributed by atoms with E-state index in [0.29, 0.717) is 25.2 Å². The summed E-state index contributed by atoms with van der Waals surface area (Å²) in [6, 6.07) is 4.87. The number of fused-ring (bicyclic) bond motifs is 2. The number of nitrogens with one attached hydrogen (secondary N) is 1. The summed E-state index contributed by atoms with van der Waals surface area (Å²) in [4.78, 5) is 17.0. The zero-order valence-electron chi connectivity index (χ0n) is 19.8. The molecule has 34 heavy (non-hydrogen) atoms. The summed E-state index contributed by atoms with van der Waals surface area (Å²) in [5.74, 6) is 1.08. The van der Waals surface area contributed by atoms with Gasteiger partial charge in [-0.2, -0.15) is 15.1 Å². The lowest BCUT2D eigenvalue weighted by Crippen LogP contribution is -2.36. The van der Waals surface area contributed by atoms with E-state index in [-0.39, 0.29) is 0 Å². The predicted octanol–water partition coefficient (Wildman–Crippen LogP) is 4.03. The van der Waals surface area contributed by atoms with E-state index in [1.165, 1.54) is 37.7 Å². The van der Waals surface area contributed by atoms with E-state index < -0.39 is 0 Å². The number of nitrogens with zero attached hydrogens (tertiary/aromatic N) is 6. The fourth-order valence-electron chi connectivity index (χ4n) is 5.67. The van der Waals surface area contributed by atoms with Gasteiger partial charge in [0.15, 0.2) is 0 Å². The first-order valence-electron chi connectivity index (χ1n) is 12.5. The normalized spacial score (nSPS) is 21.3. The van der Waals surface area contributed by atoms with Gasteiger partial charge in [0.05, 0.1) is 34.7 Å². The third kappa shape index (κ3) is 4.07. The molecule has 0 unspecified atom stereocenters. The van der Waals surface area contributed by atoms with Gasteiger partial charge in [-0.3, -0.25) is 5.10 Å². The quantitative estimate of drug-likeness (QED) is 0.589. The Morgan fingerprint density at radius 1 is 1.06 bits per heavy atom. The van der Waals surface area contributed by atoms with Crippen molar-refractivity contribution in [1.29, 1.82) is 0 Å². The summed E-state index contributed by atoms with van der Waals surface area (Å²) in [7, 11) is 2.17. The molecule has 1 atom stereocenters. The zero-order chi connectivity index (χ0) is 23.1. The standard InChI is InChI=1S/C25H32ClN7O/c1-31-10-5-6-17(31)16-34-25-28-22-15-33(23-19-14-27-30-21(19)8-7-20(23)26)13-9-18(22)24(29-25)32-11-3-2-4-12-32/h7-8,14,17H,2-6,9-13,15-16H2,1H3,(H,27,30)/t17-/m0/s1. The molecular formula is C25H32ClN7O. The molecule has 3 aromatic rings. The second-order valence-corrected chi connectivity index (χ2v) is 10.2. The van der Waals surface area contributed by atoms with Crippen LogP contribution in [0.15, 0.2) is 18.3 Å². The van der Waals surface area contributed by atoms with E-state index in [2.05, 4.69) is 31.9 Å². The summed E-state index contributed by atoms with van der Waals surface area (Å²) in [6.45, 7) is 5.43. The number of H-pyrrole nitrogens is 1. The first-order chi connectivity index (χ1) is 16.7. The Morgan fingerprint density at radius 2 is 1.94 bits per heavy atom. The molecule has 3 aliphatic heterocycles. The molecule has 1 N–H and O–H groups in total. The number of aromatic amines is 1. The van der Waals surface area contributed by atoms with Crippen LogP contribution in [-0.4, -0.2) is 70.9 Å². The molecule has 2 saturated heterocycles. The molecule has 9 heteroatoms. The average Bonchev–Trinajstić information content (AvgIpc) is 3.51. The van der Waals surface area contributed by atoms with Gasteiger partial charge in [0.2, 0.25) is 0 Å². The number of hydrogen-bond donors (Lipinski definition) is 1. The first kappa shape index (κ1) is 21.9. The fraction of sp³-hybridized carbons (Fsp3) is 0.560. The van der Waals surface area contributed by atoms with Crippen molar-refractivity contribution < 1.29 is 4.74 Å². The Balaban J connectivity index is 1.33. The highest BCUT2D eigenvalue weighted by atomic mass is 35.5. The number of piperidine rings is 1. The molecule has 3 aliphatic rings. The highest BCUT2D eigenvalue weighted by Crippen LogP contribution is 2.38. The van der Waals surface area contributed by atoms with Crippen molar-refractivity contribution in [1.82, 2.24) is 25.1 Å². The monoisotopic (exact) mass is 481 g/mol. The van der Waals surface area contributed by atoms with Crippen LogP contribution < -0.4 is 14.5 Å². The number of rotatable bonds is 5. The van der Waals surface area contributed by atoms with Crippen LogP contribution in [0.25, 0.3) is 10.9 Å². The highest BCUT2D eigenvalue weighted by molar-refractivity contribution is 6.34. The summed E-state index contributed by atoms with van der Waals surface area (Å²) < 4.78 is 6.23. The number of anilines is 2. The van der Waals surface area contributed by atoms with E-state index in [0.717, 1.165) is 65.7 Å². The molecule has 2 aromatic heterocycles. The van der Waals surface area contributed by atoms with Gasteiger partial charge in [-0.15, -0.1) is 0 Å². The van der Waals surface area contributed by atoms with Gasteiger partial charge in [0.1, 0.15) is 12.4 Å². The van der Waals surface area contributed by atoms with E-state index >= 15 is 0 Å². The maximum Gasteiger partial charge on any atom is 0.318 e. The number of halogens is 1. The predicted molar refractivity (Wildman–Crippen MR) is 135 cm³/mol. The molecule has 180 valence electrons. The third-order valence-electron chi connectivity index (χ3n) is 7.62. The van der Waals surface area contributed by atoms with Crippen LogP contribution in [-0.2, 0) is 13.0 Å². The van der Waals surface area contributed by atoms with Gasteiger partial charge in [0.25, 0.3) is 0 Å². The average molecular weight is 482 g/mol. The van der Waals surface area contributed by atoms with Crippen LogP contribution in [0.3, 0.4) is 0 Å². The summed E-state index contributed by atoms with van der Waals surface area (Å²) >= 11 is 6.69. The maximum atomic E-state index is 6.69. The molecule has 0 radical (unpaired) electrons. The van der Waals surface area contributed by atoms with Crippen molar-refractivity contribution in [2.45, 2.75) is 51.1 Å². The van der Waals surface area contributed by atoms with E-state index in [4.69, 9.17) is 26.3 Å². The molecule has 1 aromatic carbocycles. The van der Waals surface area contributed by atoms with Gasteiger partial charge in [-0.25, -0.2) is 0 Å². The Bertz CT molecular complexity index is 1180. The van der Waals surface area contributed by atoms with Crippen molar-refractivity contribution in [3.63, 3.8) is 0 Å². The van der Waals surface area contributed by atoms with Crippen molar-refractivity contribution in [2.75, 3.05) is 49.6 Å². The number of likely N-dealkylation sites (N-methyl/N-ethyl adjacent to an activating group) is 1. The molecule has 0 spiro atoms. The number of ether oxygens (including phenoxy) is 1. The number of benzene rings is 1. The minimum atomic E-state index is 0.437. The van der Waals surface area contributed by atoms with E-state index in [9.17, 15) is 0 Å². The fourth-order valence-corrected chi connectivity index (χ4v) is 5.95. The second-order valence-electron chi connectivity index (χ2n) is 9.79. The van der Waals surface area contributed by atoms with E-state index in [1.54, 1.807) is 0 Å². The molecule has 6 rings (SSSR count). The molecular weight excluding hydrogens is 450 g/mol. The number of hydrogen-bond acceptors (Lipinski definition) is 7. The minimum absolute atomic E-state index is 0.437. The molecule has 2 fully saturated rings. The smallest absolute Gasteiger partial charge is 0.318 e. The molecule has 5 heterocycles. The van der Waals surface area contributed by atoms with Crippen LogP contribution in [0, 0.1) is 0 Å². The first-order valence-corrected chi connectivity index (χ1v) is 12.9. The number of aromatic nitrogens is 4. The zero-order valence-corrected chi connectivity index (χ0v) is 20.5. The van der Waals surface area contributed by atoms with Gasteiger partial charge >= 0.3 is 6.01 Å². The Labute approximate surface area is 205 Å². The lowest BCUT2D eigenvalue weighted by molar-refractivity contribution is 0.187. The minimum Gasteiger partial charge on any atom is -0.462 e. The molecule has 0 bridgehead atoms. The Kier molecular flexibility index (Phi) is 5.95. The van der Waals surface area contributed by atoms with Gasteiger partial charge in [-0.05, 0) is 64.3 Å². The highest BCUT2D eigenvalue weighted by Gasteiger charge is 2.29. The van der Waals surface area contributed by atoms with E-state index in [1.807, 2.05) is 18.3 Å². The molecule has 8 nitrogen and oxygen atoms in total. The molecule has 0 amide bonds. The second kappa shape index (κ2) is 9.23. The van der Waals surface area contributed by atoms with Crippen LogP contribution in [0.5, 0.6) is 6.01 Å². The lowest BCUT2D eigenvalue weighted by atomic mass is 10.0.